The maximum atomic E-state index is 6.38. The van der Waals surface area contributed by atoms with Crippen molar-refractivity contribution in [3.05, 3.63) is 19.8 Å². The predicted molar refractivity (Wildman–Crippen MR) is 69.2 cm³/mol. The smallest absolute Gasteiger partial charge is 0.107 e. The Morgan fingerprint density at radius 1 is 1.53 bits per heavy atom. The Bertz CT molecular complexity index is 317. The van der Waals surface area contributed by atoms with Crippen LogP contribution in [0.1, 0.15) is 29.5 Å². The maximum absolute atomic E-state index is 6.38. The van der Waals surface area contributed by atoms with Gasteiger partial charge in [0, 0.05) is 16.0 Å². The van der Waals surface area contributed by atoms with E-state index in [0.29, 0.717) is 0 Å². The highest BCUT2D eigenvalue weighted by Crippen LogP contribution is 2.40. The topological polar surface area (TPSA) is 9.23 Å². The Morgan fingerprint density at radius 2 is 2.33 bits per heavy atom. The third-order valence-corrected chi connectivity index (χ3v) is 5.68. The van der Waals surface area contributed by atoms with Crippen LogP contribution in [-0.4, -0.2) is 12.7 Å². The van der Waals surface area contributed by atoms with E-state index in [4.69, 9.17) is 27.9 Å². The summed E-state index contributed by atoms with van der Waals surface area (Å²) in [6, 6.07) is 1.99. The first-order valence-corrected chi connectivity index (χ1v) is 7.31. The average Bonchev–Trinajstić information content (AvgIpc) is 2.59. The highest BCUT2D eigenvalue weighted by Gasteiger charge is 2.26. The van der Waals surface area contributed by atoms with Crippen LogP contribution in [0.3, 0.4) is 0 Å². The first-order chi connectivity index (χ1) is 7.18. The number of rotatable bonds is 2. The maximum Gasteiger partial charge on any atom is 0.107 e. The van der Waals surface area contributed by atoms with Crippen molar-refractivity contribution in [3.8, 4) is 0 Å². The van der Waals surface area contributed by atoms with Gasteiger partial charge in [-0.05, 0) is 41.3 Å². The fourth-order valence-electron chi connectivity index (χ4n) is 1.68. The lowest BCUT2D eigenvalue weighted by Gasteiger charge is -2.25. The van der Waals surface area contributed by atoms with Crippen molar-refractivity contribution in [2.45, 2.75) is 30.7 Å². The Balaban J connectivity index is 2.08. The van der Waals surface area contributed by atoms with E-state index >= 15 is 0 Å². The molecule has 84 valence electrons. The van der Waals surface area contributed by atoms with E-state index in [1.54, 1.807) is 0 Å². The van der Waals surface area contributed by atoms with Gasteiger partial charge in [-0.3, -0.25) is 0 Å². The third-order valence-electron chi connectivity index (χ3n) is 2.48. The van der Waals surface area contributed by atoms with E-state index in [9.17, 15) is 0 Å². The Labute approximate surface area is 112 Å². The number of hydrogen-bond acceptors (Lipinski definition) is 2. The summed E-state index contributed by atoms with van der Waals surface area (Å²) in [5, 5.41) is -0.0703. The molecule has 2 atom stereocenters. The molecule has 1 aromatic heterocycles. The minimum atomic E-state index is -0.0703. The van der Waals surface area contributed by atoms with E-state index in [1.807, 2.05) is 6.07 Å². The largest absolute Gasteiger partial charge is 0.376 e. The Morgan fingerprint density at radius 3 is 2.87 bits per heavy atom. The molecule has 0 aromatic carbocycles. The van der Waals surface area contributed by atoms with E-state index in [0.717, 1.165) is 33.1 Å². The molecule has 0 bridgehead atoms. The molecule has 2 rings (SSSR count). The summed E-state index contributed by atoms with van der Waals surface area (Å²) in [7, 11) is 0. The summed E-state index contributed by atoms with van der Waals surface area (Å²) < 4.78 is 7.34. The van der Waals surface area contributed by atoms with Crippen LogP contribution in [-0.2, 0) is 4.74 Å². The van der Waals surface area contributed by atoms with Crippen LogP contribution in [0.5, 0.6) is 0 Å². The highest BCUT2D eigenvalue weighted by atomic mass is 79.9. The minimum absolute atomic E-state index is 0.0703. The summed E-state index contributed by atoms with van der Waals surface area (Å²) in [5.74, 6) is 0. The van der Waals surface area contributed by atoms with Gasteiger partial charge in [0.2, 0.25) is 0 Å². The van der Waals surface area contributed by atoms with Crippen LogP contribution in [0.25, 0.3) is 0 Å². The summed E-state index contributed by atoms with van der Waals surface area (Å²) in [5.41, 5.74) is 0. The van der Waals surface area contributed by atoms with Crippen molar-refractivity contribution >= 4 is 50.5 Å². The van der Waals surface area contributed by atoms with Crippen molar-refractivity contribution in [2.24, 2.45) is 0 Å². The van der Waals surface area contributed by atoms with Gasteiger partial charge in [-0.2, -0.15) is 0 Å². The van der Waals surface area contributed by atoms with Crippen LogP contribution in [0, 0.1) is 0 Å². The summed E-state index contributed by atoms with van der Waals surface area (Å²) in [6.45, 7) is 0.828. The fourth-order valence-corrected chi connectivity index (χ4v) is 3.84. The van der Waals surface area contributed by atoms with Crippen molar-refractivity contribution < 1.29 is 4.74 Å². The first kappa shape index (κ1) is 12.2. The van der Waals surface area contributed by atoms with Gasteiger partial charge >= 0.3 is 0 Å². The second kappa shape index (κ2) is 5.37. The number of alkyl halides is 1. The molecule has 1 fully saturated rings. The standard InChI is InChI=1S/C10H11BrCl2OS/c11-6-5-8(15-10(6)13)9(12)7-3-1-2-4-14-7/h5,7,9H,1-4H2. The van der Waals surface area contributed by atoms with Gasteiger partial charge in [0.25, 0.3) is 0 Å². The Hall–Kier alpha value is 0.720. The number of thiophene rings is 1. The van der Waals surface area contributed by atoms with Crippen molar-refractivity contribution in [1.29, 1.82) is 0 Å². The lowest BCUT2D eigenvalue weighted by molar-refractivity contribution is 0.0141. The molecule has 1 nitrogen and oxygen atoms in total. The highest BCUT2D eigenvalue weighted by molar-refractivity contribution is 9.10. The third kappa shape index (κ3) is 2.89. The predicted octanol–water partition coefficient (Wildman–Crippen LogP) is 5.01. The molecule has 2 heterocycles. The van der Waals surface area contributed by atoms with Gasteiger partial charge < -0.3 is 4.74 Å². The molecule has 1 aliphatic rings. The summed E-state index contributed by atoms with van der Waals surface area (Å²) in [6.07, 6.45) is 3.53. The van der Waals surface area contributed by atoms with Crippen LogP contribution >= 0.6 is 50.5 Å². The van der Waals surface area contributed by atoms with Crippen LogP contribution in [0.15, 0.2) is 10.5 Å². The molecular weight excluding hydrogens is 319 g/mol. The zero-order valence-corrected chi connectivity index (χ0v) is 11.9. The minimum Gasteiger partial charge on any atom is -0.376 e. The van der Waals surface area contributed by atoms with Crippen molar-refractivity contribution in [1.82, 2.24) is 0 Å². The number of halogens is 3. The monoisotopic (exact) mass is 328 g/mol. The zero-order chi connectivity index (χ0) is 10.8. The van der Waals surface area contributed by atoms with Crippen molar-refractivity contribution in [2.75, 3.05) is 6.61 Å². The number of ether oxygens (including phenoxy) is 1. The SMILES string of the molecule is Clc1sc(C(Cl)C2CCCCO2)cc1Br. The lowest BCUT2D eigenvalue weighted by atomic mass is 10.1. The average molecular weight is 330 g/mol. The zero-order valence-electron chi connectivity index (χ0n) is 8.01. The van der Waals surface area contributed by atoms with Gasteiger partial charge in [0.05, 0.1) is 11.5 Å². The lowest BCUT2D eigenvalue weighted by Crippen LogP contribution is -2.23. The van der Waals surface area contributed by atoms with Crippen LogP contribution in [0.2, 0.25) is 4.34 Å². The van der Waals surface area contributed by atoms with E-state index in [2.05, 4.69) is 15.9 Å². The van der Waals surface area contributed by atoms with Crippen LogP contribution in [0.4, 0.5) is 0 Å². The molecule has 0 amide bonds. The molecule has 0 N–H and O–H groups in total. The fraction of sp³-hybridized carbons (Fsp3) is 0.600. The summed E-state index contributed by atoms with van der Waals surface area (Å²) in [4.78, 5) is 1.08. The van der Waals surface area contributed by atoms with E-state index in [-0.39, 0.29) is 11.5 Å². The number of hydrogen-bond donors (Lipinski definition) is 0. The quantitative estimate of drug-likeness (QED) is 0.693. The van der Waals surface area contributed by atoms with Gasteiger partial charge in [-0.25, -0.2) is 0 Å². The van der Waals surface area contributed by atoms with Gasteiger partial charge in [-0.15, -0.1) is 22.9 Å². The second-order valence-corrected chi connectivity index (χ2v) is 6.59. The molecule has 2 unspecified atom stereocenters. The molecule has 15 heavy (non-hydrogen) atoms. The molecule has 1 aromatic rings. The molecule has 5 heteroatoms. The van der Waals surface area contributed by atoms with E-state index in [1.165, 1.54) is 17.8 Å². The molecule has 0 radical (unpaired) electrons. The van der Waals surface area contributed by atoms with Gasteiger partial charge in [-0.1, -0.05) is 11.6 Å². The van der Waals surface area contributed by atoms with Crippen LogP contribution < -0.4 is 0 Å². The van der Waals surface area contributed by atoms with Crippen molar-refractivity contribution in [3.63, 3.8) is 0 Å². The second-order valence-electron chi connectivity index (χ2n) is 3.58. The molecule has 0 aliphatic carbocycles. The molecule has 1 aliphatic heterocycles. The first-order valence-electron chi connectivity index (χ1n) is 4.89. The van der Waals surface area contributed by atoms with E-state index < -0.39 is 0 Å². The molecule has 0 spiro atoms. The molecular formula is C10H11BrCl2OS. The van der Waals surface area contributed by atoms with Gasteiger partial charge in [0.1, 0.15) is 4.34 Å². The van der Waals surface area contributed by atoms with Gasteiger partial charge in [0.15, 0.2) is 0 Å². The molecule has 0 saturated carbocycles. The summed E-state index contributed by atoms with van der Waals surface area (Å²) >= 11 is 17.3. The molecule has 1 saturated heterocycles. The normalized spacial score (nSPS) is 24.1. The Kier molecular flexibility index (Phi) is 4.36.